The van der Waals surface area contributed by atoms with Gasteiger partial charge in [0.2, 0.25) is 5.91 Å². The first kappa shape index (κ1) is 16.5. The van der Waals surface area contributed by atoms with E-state index in [9.17, 15) is 14.4 Å². The lowest BCUT2D eigenvalue weighted by Gasteiger charge is -2.14. The second-order valence-corrected chi connectivity index (χ2v) is 4.73. The number of amides is 2. The smallest absolute Gasteiger partial charge is 0.326 e. The van der Waals surface area contributed by atoms with E-state index >= 15 is 0 Å². The van der Waals surface area contributed by atoms with E-state index in [1.165, 1.54) is 12.1 Å². The minimum atomic E-state index is -1.36. The zero-order valence-corrected chi connectivity index (χ0v) is 11.8. The molecule has 0 fully saturated rings. The van der Waals surface area contributed by atoms with Crippen LogP contribution in [0.3, 0.4) is 0 Å². The van der Waals surface area contributed by atoms with Crippen LogP contribution in [-0.4, -0.2) is 35.0 Å². The molecule has 0 aliphatic carbocycles. The first-order valence-corrected chi connectivity index (χ1v) is 6.38. The number of rotatable bonds is 7. The van der Waals surface area contributed by atoms with Gasteiger partial charge in [0.1, 0.15) is 11.8 Å². The van der Waals surface area contributed by atoms with Gasteiger partial charge in [-0.25, -0.2) is 4.79 Å². The highest BCUT2D eigenvalue weighted by molar-refractivity contribution is 5.97. The highest BCUT2D eigenvalue weighted by Gasteiger charge is 2.22. The molecule has 1 rings (SSSR count). The molecule has 7 nitrogen and oxygen atoms in total. The molecule has 0 aliphatic rings. The Morgan fingerprint density at radius 3 is 2.52 bits per heavy atom. The monoisotopic (exact) mass is 294 g/mol. The molecule has 1 aromatic rings. The van der Waals surface area contributed by atoms with Crippen molar-refractivity contribution < 1.29 is 24.2 Å². The van der Waals surface area contributed by atoms with Gasteiger partial charge in [0.25, 0.3) is 5.91 Å². The van der Waals surface area contributed by atoms with Crippen molar-refractivity contribution in [1.82, 2.24) is 5.32 Å². The largest absolute Gasteiger partial charge is 0.491 e. The number of aliphatic carboxylic acids is 1. The summed E-state index contributed by atoms with van der Waals surface area (Å²) in [6, 6.07) is 4.97. The van der Waals surface area contributed by atoms with Crippen LogP contribution in [0, 0.1) is 0 Å². The van der Waals surface area contributed by atoms with Crippen LogP contribution >= 0.6 is 0 Å². The van der Waals surface area contributed by atoms with Crippen LogP contribution in [0.15, 0.2) is 24.3 Å². The third-order valence-electron chi connectivity index (χ3n) is 2.48. The number of benzene rings is 1. The predicted octanol–water partition coefficient (Wildman–Crippen LogP) is 0.532. The summed E-state index contributed by atoms with van der Waals surface area (Å²) in [4.78, 5) is 33.8. The Morgan fingerprint density at radius 2 is 2.00 bits per heavy atom. The van der Waals surface area contributed by atoms with Crippen molar-refractivity contribution in [2.45, 2.75) is 32.4 Å². The molecule has 114 valence electrons. The van der Waals surface area contributed by atoms with Gasteiger partial charge in [-0.05, 0) is 32.0 Å². The van der Waals surface area contributed by atoms with Crippen molar-refractivity contribution in [2.75, 3.05) is 0 Å². The van der Waals surface area contributed by atoms with Crippen molar-refractivity contribution in [3.8, 4) is 5.75 Å². The number of carboxylic acids is 1. The van der Waals surface area contributed by atoms with Crippen LogP contribution < -0.4 is 15.8 Å². The molecular formula is C14H18N2O5. The molecule has 0 spiro atoms. The van der Waals surface area contributed by atoms with Crippen molar-refractivity contribution in [3.63, 3.8) is 0 Å². The third-order valence-corrected chi connectivity index (χ3v) is 2.48. The summed E-state index contributed by atoms with van der Waals surface area (Å²) in [5, 5.41) is 11.2. The van der Waals surface area contributed by atoms with E-state index in [0.717, 1.165) is 0 Å². The normalized spacial score (nSPS) is 11.8. The molecule has 0 saturated carbocycles. The number of ether oxygens (including phenoxy) is 1. The fourth-order valence-electron chi connectivity index (χ4n) is 1.63. The average Bonchev–Trinajstić information content (AvgIpc) is 2.36. The molecule has 21 heavy (non-hydrogen) atoms. The number of carbonyl (C=O) groups excluding carboxylic acids is 2. The fraction of sp³-hybridized carbons (Fsp3) is 0.357. The number of carbonyl (C=O) groups is 3. The van der Waals surface area contributed by atoms with Gasteiger partial charge in [-0.15, -0.1) is 0 Å². The maximum absolute atomic E-state index is 12.0. The standard InChI is InChI=1S/C14H18N2O5/c1-8(2)21-10-5-3-4-9(6-10)13(18)16-11(14(19)20)7-12(15)17/h3-6,8,11H,7H2,1-2H3,(H2,15,17)(H,16,18)(H,19,20). The van der Waals surface area contributed by atoms with Gasteiger partial charge in [-0.2, -0.15) is 0 Å². The van der Waals surface area contributed by atoms with Crippen molar-refractivity contribution in [3.05, 3.63) is 29.8 Å². The number of nitrogens with two attached hydrogens (primary N) is 1. The van der Waals surface area contributed by atoms with Crippen LogP contribution in [-0.2, 0) is 9.59 Å². The zero-order valence-electron chi connectivity index (χ0n) is 11.8. The number of hydrogen-bond donors (Lipinski definition) is 3. The van der Waals surface area contributed by atoms with Gasteiger partial charge in [0.05, 0.1) is 12.5 Å². The topological polar surface area (TPSA) is 119 Å². The second kappa shape index (κ2) is 7.28. The predicted molar refractivity (Wildman–Crippen MR) is 74.9 cm³/mol. The maximum Gasteiger partial charge on any atom is 0.326 e. The first-order chi connectivity index (χ1) is 9.79. The second-order valence-electron chi connectivity index (χ2n) is 4.73. The van der Waals surface area contributed by atoms with Crippen LogP contribution in [0.25, 0.3) is 0 Å². The Labute approximate surface area is 122 Å². The molecule has 7 heteroatoms. The summed E-state index contributed by atoms with van der Waals surface area (Å²) in [6.45, 7) is 3.69. The summed E-state index contributed by atoms with van der Waals surface area (Å²) < 4.78 is 5.45. The summed E-state index contributed by atoms with van der Waals surface area (Å²) in [6.07, 6.45) is -0.520. The highest BCUT2D eigenvalue weighted by atomic mass is 16.5. The van der Waals surface area contributed by atoms with Gasteiger partial charge < -0.3 is 20.9 Å². The number of hydrogen-bond acceptors (Lipinski definition) is 4. The van der Waals surface area contributed by atoms with Crippen molar-refractivity contribution >= 4 is 17.8 Å². The SMILES string of the molecule is CC(C)Oc1cccc(C(=O)NC(CC(N)=O)C(=O)O)c1. The quantitative estimate of drug-likeness (QED) is 0.678. The third kappa shape index (κ3) is 5.52. The molecule has 1 aromatic carbocycles. The molecule has 0 aliphatic heterocycles. The van der Waals surface area contributed by atoms with Gasteiger partial charge in [0, 0.05) is 5.56 Å². The maximum atomic E-state index is 12.0. The molecule has 1 unspecified atom stereocenters. The number of nitrogens with one attached hydrogen (secondary N) is 1. The van der Waals surface area contributed by atoms with Gasteiger partial charge >= 0.3 is 5.97 Å². The molecular weight excluding hydrogens is 276 g/mol. The minimum absolute atomic E-state index is 0.0510. The van der Waals surface area contributed by atoms with E-state index in [1.807, 2.05) is 13.8 Å². The van der Waals surface area contributed by atoms with Gasteiger partial charge in [-0.1, -0.05) is 6.07 Å². The number of carboxylic acid groups (broad SMARTS) is 1. The molecule has 0 radical (unpaired) electrons. The summed E-state index contributed by atoms with van der Waals surface area (Å²) in [7, 11) is 0. The van der Waals surface area contributed by atoms with Crippen LogP contribution in [0.5, 0.6) is 5.75 Å². The Hall–Kier alpha value is -2.57. The van der Waals surface area contributed by atoms with Crippen molar-refractivity contribution in [1.29, 1.82) is 0 Å². The minimum Gasteiger partial charge on any atom is -0.491 e. The van der Waals surface area contributed by atoms with Gasteiger partial charge in [-0.3, -0.25) is 9.59 Å². The number of primary amides is 1. The van der Waals surface area contributed by atoms with Gasteiger partial charge in [0.15, 0.2) is 0 Å². The van der Waals surface area contributed by atoms with Crippen LogP contribution in [0.4, 0.5) is 0 Å². The Kier molecular flexibility index (Phi) is 5.71. The summed E-state index contributed by atoms with van der Waals surface area (Å²) in [5.41, 5.74) is 5.19. The van der Waals surface area contributed by atoms with E-state index < -0.39 is 30.2 Å². The molecule has 0 saturated heterocycles. The lowest BCUT2D eigenvalue weighted by atomic mass is 10.1. The Bertz CT molecular complexity index is 542. The average molecular weight is 294 g/mol. The molecule has 4 N–H and O–H groups in total. The van der Waals surface area contributed by atoms with Crippen LogP contribution in [0.2, 0.25) is 0 Å². The molecule has 0 bridgehead atoms. The summed E-state index contributed by atoms with van der Waals surface area (Å²) in [5.74, 6) is -2.24. The fourth-order valence-corrected chi connectivity index (χ4v) is 1.63. The van der Waals surface area contributed by atoms with E-state index in [1.54, 1.807) is 12.1 Å². The van der Waals surface area contributed by atoms with E-state index in [-0.39, 0.29) is 11.7 Å². The summed E-state index contributed by atoms with van der Waals surface area (Å²) >= 11 is 0. The lowest BCUT2D eigenvalue weighted by molar-refractivity contribution is -0.140. The lowest BCUT2D eigenvalue weighted by Crippen LogP contribution is -2.43. The van der Waals surface area contributed by atoms with E-state index in [2.05, 4.69) is 5.32 Å². The van der Waals surface area contributed by atoms with E-state index in [4.69, 9.17) is 15.6 Å². The molecule has 2 amide bonds. The molecule has 0 heterocycles. The zero-order chi connectivity index (χ0) is 16.0. The molecule has 0 aromatic heterocycles. The highest BCUT2D eigenvalue weighted by Crippen LogP contribution is 2.15. The molecule has 1 atom stereocenters. The van der Waals surface area contributed by atoms with E-state index in [0.29, 0.717) is 5.75 Å². The Balaban J connectivity index is 2.82. The Morgan fingerprint density at radius 1 is 1.33 bits per heavy atom. The first-order valence-electron chi connectivity index (χ1n) is 6.38. The van der Waals surface area contributed by atoms with Crippen molar-refractivity contribution in [2.24, 2.45) is 5.73 Å². The van der Waals surface area contributed by atoms with Crippen LogP contribution in [0.1, 0.15) is 30.6 Å².